The summed E-state index contributed by atoms with van der Waals surface area (Å²) in [5.74, 6) is -0.0173. The van der Waals surface area contributed by atoms with Crippen LogP contribution in [0.1, 0.15) is 36.2 Å². The summed E-state index contributed by atoms with van der Waals surface area (Å²) in [6.45, 7) is 5.53. The standard InChI is InChI=1S/C23H29N5O3/c29-23(30)20-15-19(16-24-25-20)27-11-9-26(10-12-27)17-5-7-18(8-6-17)28-13-14-31-22-4-2-1-3-21(22)28/h1-4,15-18H,5-14H2,(H,29,30). The van der Waals surface area contributed by atoms with E-state index >= 15 is 0 Å². The lowest BCUT2D eigenvalue weighted by atomic mass is 9.88. The van der Waals surface area contributed by atoms with Crippen molar-refractivity contribution in [2.45, 2.75) is 37.8 Å². The largest absolute Gasteiger partial charge is 0.490 e. The number of nitrogens with zero attached hydrogens (tertiary/aromatic N) is 5. The highest BCUT2D eigenvalue weighted by Gasteiger charge is 2.32. The first-order chi connectivity index (χ1) is 15.2. The van der Waals surface area contributed by atoms with Crippen LogP contribution in [0.25, 0.3) is 0 Å². The molecule has 164 valence electrons. The van der Waals surface area contributed by atoms with Gasteiger partial charge in [-0.05, 0) is 43.9 Å². The highest BCUT2D eigenvalue weighted by molar-refractivity contribution is 5.86. The molecule has 0 amide bonds. The van der Waals surface area contributed by atoms with Gasteiger partial charge in [-0.1, -0.05) is 12.1 Å². The molecule has 5 rings (SSSR count). The van der Waals surface area contributed by atoms with Crippen molar-refractivity contribution in [1.29, 1.82) is 0 Å². The number of hydrogen-bond donors (Lipinski definition) is 1. The topological polar surface area (TPSA) is 82.0 Å². The average Bonchev–Trinajstić information content (AvgIpc) is 2.84. The maximum absolute atomic E-state index is 11.2. The number of piperazine rings is 1. The summed E-state index contributed by atoms with van der Waals surface area (Å²) in [7, 11) is 0. The van der Waals surface area contributed by atoms with E-state index in [1.807, 2.05) is 6.07 Å². The summed E-state index contributed by atoms with van der Waals surface area (Å²) in [5, 5.41) is 16.7. The Morgan fingerprint density at radius 2 is 1.74 bits per heavy atom. The molecule has 2 aliphatic heterocycles. The zero-order valence-corrected chi connectivity index (χ0v) is 17.7. The van der Waals surface area contributed by atoms with Crippen LogP contribution in [0.4, 0.5) is 11.4 Å². The van der Waals surface area contributed by atoms with Gasteiger partial charge in [-0.3, -0.25) is 4.90 Å². The molecule has 1 aromatic heterocycles. The summed E-state index contributed by atoms with van der Waals surface area (Å²) in [6, 6.07) is 11.3. The van der Waals surface area contributed by atoms with Gasteiger partial charge in [0.15, 0.2) is 5.69 Å². The first kappa shape index (κ1) is 20.1. The summed E-state index contributed by atoms with van der Waals surface area (Å²) in [6.07, 6.45) is 6.55. The van der Waals surface area contributed by atoms with Crippen molar-refractivity contribution in [3.05, 3.63) is 42.2 Å². The van der Waals surface area contributed by atoms with Crippen molar-refractivity contribution < 1.29 is 14.6 Å². The molecule has 2 fully saturated rings. The van der Waals surface area contributed by atoms with Crippen molar-refractivity contribution in [2.75, 3.05) is 49.1 Å². The molecule has 0 radical (unpaired) electrons. The lowest BCUT2D eigenvalue weighted by Crippen LogP contribution is -2.53. The molecule has 1 aromatic carbocycles. The van der Waals surface area contributed by atoms with Gasteiger partial charge in [-0.25, -0.2) is 4.79 Å². The van der Waals surface area contributed by atoms with E-state index < -0.39 is 5.97 Å². The van der Waals surface area contributed by atoms with E-state index in [4.69, 9.17) is 9.84 Å². The van der Waals surface area contributed by atoms with Gasteiger partial charge < -0.3 is 19.6 Å². The molecular weight excluding hydrogens is 394 g/mol. The van der Waals surface area contributed by atoms with Crippen LogP contribution in [0, 0.1) is 0 Å². The zero-order chi connectivity index (χ0) is 21.2. The van der Waals surface area contributed by atoms with Crippen LogP contribution in [-0.4, -0.2) is 77.6 Å². The number of benzene rings is 1. The molecule has 1 N–H and O–H groups in total. The van der Waals surface area contributed by atoms with E-state index in [2.05, 4.69) is 43.1 Å². The number of ether oxygens (including phenoxy) is 1. The van der Waals surface area contributed by atoms with Gasteiger partial charge in [0.1, 0.15) is 12.4 Å². The Morgan fingerprint density at radius 3 is 2.52 bits per heavy atom. The van der Waals surface area contributed by atoms with Gasteiger partial charge in [-0.2, -0.15) is 5.10 Å². The van der Waals surface area contributed by atoms with Gasteiger partial charge in [0.25, 0.3) is 0 Å². The first-order valence-corrected chi connectivity index (χ1v) is 11.2. The third-order valence-electron chi connectivity index (χ3n) is 6.93. The van der Waals surface area contributed by atoms with Gasteiger partial charge in [0.2, 0.25) is 0 Å². The number of fused-ring (bicyclic) bond motifs is 1. The molecule has 3 aliphatic rings. The molecule has 1 saturated carbocycles. The van der Waals surface area contributed by atoms with Gasteiger partial charge in [0, 0.05) is 38.3 Å². The summed E-state index contributed by atoms with van der Waals surface area (Å²) in [4.78, 5) is 18.6. The lowest BCUT2D eigenvalue weighted by molar-refractivity contribution is 0.0689. The van der Waals surface area contributed by atoms with Crippen LogP contribution in [0.5, 0.6) is 5.75 Å². The van der Waals surface area contributed by atoms with Crippen LogP contribution in [0.3, 0.4) is 0 Å². The zero-order valence-electron chi connectivity index (χ0n) is 17.7. The lowest BCUT2D eigenvalue weighted by Gasteiger charge is -2.45. The Labute approximate surface area is 182 Å². The molecule has 0 unspecified atom stereocenters. The van der Waals surface area contributed by atoms with Gasteiger partial charge >= 0.3 is 5.97 Å². The Hall–Kier alpha value is -2.87. The Kier molecular flexibility index (Phi) is 5.63. The molecule has 3 heterocycles. The number of carboxylic acids is 1. The second-order valence-electron chi connectivity index (χ2n) is 8.60. The van der Waals surface area contributed by atoms with Crippen molar-refractivity contribution in [3.8, 4) is 5.75 Å². The third-order valence-corrected chi connectivity index (χ3v) is 6.93. The number of carbonyl (C=O) groups is 1. The molecule has 1 aliphatic carbocycles. The van der Waals surface area contributed by atoms with Crippen LogP contribution >= 0.6 is 0 Å². The summed E-state index contributed by atoms with van der Waals surface area (Å²) < 4.78 is 5.83. The summed E-state index contributed by atoms with van der Waals surface area (Å²) >= 11 is 0. The highest BCUT2D eigenvalue weighted by atomic mass is 16.5. The Balaban J connectivity index is 1.15. The van der Waals surface area contributed by atoms with Crippen LogP contribution in [0.15, 0.2) is 36.5 Å². The molecule has 2 aromatic rings. The van der Waals surface area contributed by atoms with Crippen molar-refractivity contribution >= 4 is 17.3 Å². The fourth-order valence-corrected chi connectivity index (χ4v) is 5.28. The van der Waals surface area contributed by atoms with E-state index in [9.17, 15) is 4.79 Å². The number of carboxylic acid groups (broad SMARTS) is 1. The maximum atomic E-state index is 11.2. The SMILES string of the molecule is O=C(O)c1cc(N2CCN(C3CCC(N4CCOc5ccccc54)CC3)CC2)cnn1. The molecule has 0 atom stereocenters. The third kappa shape index (κ3) is 4.17. The van der Waals surface area contributed by atoms with Crippen LogP contribution in [0.2, 0.25) is 0 Å². The molecular formula is C23H29N5O3. The Morgan fingerprint density at radius 1 is 1.00 bits per heavy atom. The van der Waals surface area contributed by atoms with Gasteiger partial charge in [0.05, 0.1) is 24.1 Å². The Bertz CT molecular complexity index is 923. The van der Waals surface area contributed by atoms with E-state index in [-0.39, 0.29) is 5.69 Å². The van der Waals surface area contributed by atoms with Gasteiger partial charge in [-0.15, -0.1) is 5.10 Å². The number of anilines is 2. The number of aromatic carboxylic acids is 1. The number of hydrogen-bond acceptors (Lipinski definition) is 7. The molecule has 31 heavy (non-hydrogen) atoms. The van der Waals surface area contributed by atoms with Crippen molar-refractivity contribution in [2.24, 2.45) is 0 Å². The molecule has 8 nitrogen and oxygen atoms in total. The normalized spacial score (nSPS) is 24.4. The second-order valence-corrected chi connectivity index (χ2v) is 8.60. The first-order valence-electron chi connectivity index (χ1n) is 11.2. The second kappa shape index (κ2) is 8.70. The number of aromatic nitrogens is 2. The maximum Gasteiger partial charge on any atom is 0.356 e. The highest BCUT2D eigenvalue weighted by Crippen LogP contribution is 2.37. The minimum Gasteiger partial charge on any atom is -0.490 e. The minimum atomic E-state index is -1.03. The molecule has 1 saturated heterocycles. The monoisotopic (exact) mass is 423 g/mol. The average molecular weight is 424 g/mol. The quantitative estimate of drug-likeness (QED) is 0.803. The smallest absolute Gasteiger partial charge is 0.356 e. The van der Waals surface area contributed by atoms with Crippen LogP contribution < -0.4 is 14.5 Å². The predicted molar refractivity (Wildman–Crippen MR) is 118 cm³/mol. The number of rotatable bonds is 4. The minimum absolute atomic E-state index is 0.00272. The van der Waals surface area contributed by atoms with E-state index in [0.717, 1.165) is 50.8 Å². The molecule has 0 spiro atoms. The van der Waals surface area contributed by atoms with Crippen molar-refractivity contribution in [1.82, 2.24) is 15.1 Å². The fraction of sp³-hybridized carbons (Fsp3) is 0.522. The predicted octanol–water partition coefficient (Wildman–Crippen LogP) is 2.51. The number of para-hydroxylation sites is 2. The van der Waals surface area contributed by atoms with Crippen molar-refractivity contribution in [3.63, 3.8) is 0 Å². The van der Waals surface area contributed by atoms with E-state index in [1.165, 1.54) is 31.4 Å². The fourth-order valence-electron chi connectivity index (χ4n) is 5.28. The molecule has 0 bridgehead atoms. The van der Waals surface area contributed by atoms with E-state index in [0.29, 0.717) is 12.1 Å². The summed E-state index contributed by atoms with van der Waals surface area (Å²) in [5.41, 5.74) is 2.10. The molecule has 8 heteroatoms. The van der Waals surface area contributed by atoms with Crippen LogP contribution in [-0.2, 0) is 0 Å². The van der Waals surface area contributed by atoms with E-state index in [1.54, 1.807) is 12.3 Å².